The Balaban J connectivity index is 0.00000243. The van der Waals surface area contributed by atoms with Crippen molar-refractivity contribution in [1.29, 1.82) is 0 Å². The molecule has 8 heteroatoms. The topological polar surface area (TPSA) is 99.4 Å². The number of carbonyl (C=O) groups is 1. The first-order valence-electron chi connectivity index (χ1n) is 8.33. The molecule has 1 aromatic carbocycles. The van der Waals surface area contributed by atoms with Gasteiger partial charge in [-0.3, -0.25) is 4.79 Å². The Hall–Kier alpha value is -2.22. The highest BCUT2D eigenvalue weighted by atomic mass is 35.5. The maximum absolute atomic E-state index is 12.3. The van der Waals surface area contributed by atoms with Crippen LogP contribution in [0.2, 0.25) is 0 Å². The number of aromatic nitrogens is 2. The molecule has 2 heterocycles. The molecule has 0 aliphatic carbocycles. The minimum atomic E-state index is -0.527. The van der Waals surface area contributed by atoms with E-state index in [0.717, 1.165) is 18.5 Å². The lowest BCUT2D eigenvalue weighted by Gasteiger charge is -2.26. The Morgan fingerprint density at radius 3 is 2.62 bits per heavy atom. The summed E-state index contributed by atoms with van der Waals surface area (Å²) in [7, 11) is 0. The predicted octanol–water partition coefficient (Wildman–Crippen LogP) is 2.69. The van der Waals surface area contributed by atoms with Crippen molar-refractivity contribution in [3.63, 3.8) is 0 Å². The molecule has 26 heavy (non-hydrogen) atoms. The summed E-state index contributed by atoms with van der Waals surface area (Å²) in [6, 6.07) is 8.59. The molecule has 3 N–H and O–H groups in total. The molecule has 2 aromatic rings. The second-order valence-corrected chi connectivity index (χ2v) is 6.07. The molecule has 1 aliphatic heterocycles. The number of carbonyl (C=O) groups excluding carboxylic acids is 1. The maximum Gasteiger partial charge on any atom is 0.322 e. The number of benzene rings is 1. The molecular weight excluding hydrogens is 356 g/mol. The highest BCUT2D eigenvalue weighted by Gasteiger charge is 2.26. The van der Waals surface area contributed by atoms with Gasteiger partial charge in [-0.2, -0.15) is 0 Å². The Labute approximate surface area is 158 Å². The Bertz CT molecular complexity index is 721. The van der Waals surface area contributed by atoms with Crippen molar-refractivity contribution in [2.45, 2.75) is 25.8 Å². The third kappa shape index (κ3) is 5.39. The van der Waals surface area contributed by atoms with Crippen LogP contribution in [-0.2, 0) is 9.53 Å². The van der Waals surface area contributed by atoms with Gasteiger partial charge in [0, 0.05) is 30.8 Å². The van der Waals surface area contributed by atoms with E-state index in [9.17, 15) is 4.79 Å². The van der Waals surface area contributed by atoms with Crippen molar-refractivity contribution in [3.8, 4) is 11.8 Å². The molecule has 1 amide bonds. The molecule has 1 fully saturated rings. The number of rotatable bonds is 5. The molecule has 7 nitrogen and oxygen atoms in total. The minimum absolute atomic E-state index is 0. The van der Waals surface area contributed by atoms with Gasteiger partial charge in [0.1, 0.15) is 5.75 Å². The van der Waals surface area contributed by atoms with Crippen LogP contribution in [0.4, 0.5) is 5.69 Å². The van der Waals surface area contributed by atoms with E-state index < -0.39 is 6.04 Å². The van der Waals surface area contributed by atoms with Gasteiger partial charge in [0.25, 0.3) is 0 Å². The molecule has 1 atom stereocenters. The average Bonchev–Trinajstić information content (AvgIpc) is 2.63. The van der Waals surface area contributed by atoms with Gasteiger partial charge >= 0.3 is 6.01 Å². The van der Waals surface area contributed by atoms with Crippen molar-refractivity contribution >= 4 is 24.0 Å². The third-order valence-corrected chi connectivity index (χ3v) is 4.18. The highest BCUT2D eigenvalue weighted by Crippen LogP contribution is 2.22. The second kappa shape index (κ2) is 9.47. The van der Waals surface area contributed by atoms with Crippen molar-refractivity contribution in [2.24, 2.45) is 11.7 Å². The lowest BCUT2D eigenvalue weighted by molar-refractivity contribution is -0.119. The van der Waals surface area contributed by atoms with Crippen molar-refractivity contribution in [3.05, 3.63) is 42.2 Å². The lowest BCUT2D eigenvalue weighted by Crippen LogP contribution is -2.43. The molecule has 1 saturated heterocycles. The van der Waals surface area contributed by atoms with Crippen molar-refractivity contribution in [1.82, 2.24) is 9.97 Å². The molecule has 3 rings (SSSR count). The van der Waals surface area contributed by atoms with Crippen LogP contribution in [0, 0.1) is 12.8 Å². The molecule has 1 aromatic heterocycles. The van der Waals surface area contributed by atoms with E-state index >= 15 is 0 Å². The highest BCUT2D eigenvalue weighted by molar-refractivity contribution is 5.94. The van der Waals surface area contributed by atoms with Gasteiger partial charge in [0.15, 0.2) is 0 Å². The summed E-state index contributed by atoms with van der Waals surface area (Å²) < 4.78 is 10.9. The molecule has 0 radical (unpaired) electrons. The van der Waals surface area contributed by atoms with Gasteiger partial charge in [0.2, 0.25) is 5.91 Å². The maximum atomic E-state index is 12.3. The van der Waals surface area contributed by atoms with Gasteiger partial charge in [-0.25, -0.2) is 9.97 Å². The molecular formula is C18H23ClN4O3. The smallest absolute Gasteiger partial charge is 0.322 e. The number of hydrogen-bond donors (Lipinski definition) is 2. The van der Waals surface area contributed by atoms with E-state index in [-0.39, 0.29) is 24.2 Å². The van der Waals surface area contributed by atoms with E-state index in [1.54, 1.807) is 36.5 Å². The Morgan fingerprint density at radius 1 is 1.27 bits per heavy atom. The largest absolute Gasteiger partial charge is 0.424 e. The number of halogens is 1. The molecule has 0 spiro atoms. The summed E-state index contributed by atoms with van der Waals surface area (Å²) in [6.07, 6.45) is 3.28. The van der Waals surface area contributed by atoms with Gasteiger partial charge in [-0.15, -0.1) is 12.4 Å². The second-order valence-electron chi connectivity index (χ2n) is 6.07. The van der Waals surface area contributed by atoms with Crippen LogP contribution < -0.4 is 15.8 Å². The zero-order chi connectivity index (χ0) is 17.6. The SMILES string of the molecule is Cc1ccnc(Oc2ccc(NC(=O)C(N)C3CCOCC3)cc2)n1.Cl. The molecule has 0 bridgehead atoms. The first-order chi connectivity index (χ1) is 12.1. The van der Waals surface area contributed by atoms with Crippen LogP contribution in [0.3, 0.4) is 0 Å². The monoisotopic (exact) mass is 378 g/mol. The summed E-state index contributed by atoms with van der Waals surface area (Å²) in [6.45, 7) is 3.20. The van der Waals surface area contributed by atoms with Crippen molar-refractivity contribution < 1.29 is 14.3 Å². The number of ether oxygens (including phenoxy) is 2. The van der Waals surface area contributed by atoms with Gasteiger partial charge < -0.3 is 20.5 Å². The van der Waals surface area contributed by atoms with E-state index in [0.29, 0.717) is 30.7 Å². The number of hydrogen-bond acceptors (Lipinski definition) is 6. The summed E-state index contributed by atoms with van der Waals surface area (Å²) in [5.74, 6) is 0.578. The number of anilines is 1. The van der Waals surface area contributed by atoms with Crippen LogP contribution in [0.25, 0.3) is 0 Å². The number of nitrogens with two attached hydrogens (primary N) is 1. The normalized spacial score (nSPS) is 15.6. The molecule has 1 unspecified atom stereocenters. The number of nitrogens with one attached hydrogen (secondary N) is 1. The standard InChI is InChI=1S/C18H22N4O3.ClH/c1-12-6-9-20-18(21-12)25-15-4-2-14(3-5-15)22-17(23)16(19)13-7-10-24-11-8-13;/h2-6,9,13,16H,7-8,10-11,19H2,1H3,(H,22,23);1H. The number of amides is 1. The lowest BCUT2D eigenvalue weighted by atomic mass is 9.92. The molecule has 1 aliphatic rings. The Kier molecular flexibility index (Phi) is 7.32. The van der Waals surface area contributed by atoms with Crippen LogP contribution in [0.1, 0.15) is 18.5 Å². The van der Waals surface area contributed by atoms with Crippen LogP contribution in [0.15, 0.2) is 36.5 Å². The zero-order valence-corrected chi connectivity index (χ0v) is 15.4. The van der Waals surface area contributed by atoms with Crippen molar-refractivity contribution in [2.75, 3.05) is 18.5 Å². The van der Waals surface area contributed by atoms with E-state index in [4.69, 9.17) is 15.2 Å². The predicted molar refractivity (Wildman–Crippen MR) is 101 cm³/mol. The number of aryl methyl sites for hydroxylation is 1. The van der Waals surface area contributed by atoms with Gasteiger partial charge in [-0.1, -0.05) is 0 Å². The quantitative estimate of drug-likeness (QED) is 0.829. The zero-order valence-electron chi connectivity index (χ0n) is 14.6. The number of nitrogens with zero attached hydrogens (tertiary/aromatic N) is 2. The fraction of sp³-hybridized carbons (Fsp3) is 0.389. The van der Waals surface area contributed by atoms with Crippen LogP contribution in [-0.4, -0.2) is 35.1 Å². The summed E-state index contributed by atoms with van der Waals surface area (Å²) in [5, 5.41) is 2.85. The molecule has 0 saturated carbocycles. The average molecular weight is 379 g/mol. The van der Waals surface area contributed by atoms with E-state index in [2.05, 4.69) is 15.3 Å². The molecule has 140 valence electrons. The fourth-order valence-corrected chi connectivity index (χ4v) is 2.70. The van der Waals surface area contributed by atoms with E-state index in [1.165, 1.54) is 0 Å². The summed E-state index contributed by atoms with van der Waals surface area (Å²) in [5.41, 5.74) is 7.58. The summed E-state index contributed by atoms with van der Waals surface area (Å²) >= 11 is 0. The first kappa shape index (κ1) is 20.1. The fourth-order valence-electron chi connectivity index (χ4n) is 2.70. The van der Waals surface area contributed by atoms with Gasteiger partial charge in [0.05, 0.1) is 6.04 Å². The van der Waals surface area contributed by atoms with Gasteiger partial charge in [-0.05, 0) is 56.0 Å². The van der Waals surface area contributed by atoms with Crippen LogP contribution in [0.5, 0.6) is 11.8 Å². The third-order valence-electron chi connectivity index (χ3n) is 4.18. The Morgan fingerprint density at radius 2 is 1.96 bits per heavy atom. The van der Waals surface area contributed by atoms with E-state index in [1.807, 2.05) is 6.92 Å². The van der Waals surface area contributed by atoms with Crippen LogP contribution >= 0.6 is 12.4 Å². The summed E-state index contributed by atoms with van der Waals surface area (Å²) in [4.78, 5) is 20.5. The minimum Gasteiger partial charge on any atom is -0.424 e. The first-order valence-corrected chi connectivity index (χ1v) is 8.33.